The minimum absolute atomic E-state index is 0.143. The van der Waals surface area contributed by atoms with Crippen molar-refractivity contribution in [3.8, 4) is 0 Å². The number of hydrogen-bond donors (Lipinski definition) is 1. The SMILES string of the molecule is CN(CC1CCC1)c1nc2ccccc2n1CCO. The van der Waals surface area contributed by atoms with Crippen LogP contribution in [0.2, 0.25) is 0 Å². The van der Waals surface area contributed by atoms with Crippen LogP contribution >= 0.6 is 0 Å². The molecule has 0 radical (unpaired) electrons. The van der Waals surface area contributed by atoms with Crippen LogP contribution in [0.3, 0.4) is 0 Å². The molecule has 3 rings (SSSR count). The molecule has 1 saturated carbocycles. The van der Waals surface area contributed by atoms with Crippen LogP contribution in [0.5, 0.6) is 0 Å². The third kappa shape index (κ3) is 2.32. The van der Waals surface area contributed by atoms with Crippen molar-refractivity contribution < 1.29 is 5.11 Å². The summed E-state index contributed by atoms with van der Waals surface area (Å²) in [5, 5.41) is 9.28. The number of anilines is 1. The summed E-state index contributed by atoms with van der Waals surface area (Å²) in [6, 6.07) is 8.13. The van der Waals surface area contributed by atoms with E-state index in [1.54, 1.807) is 0 Å². The molecule has 19 heavy (non-hydrogen) atoms. The first kappa shape index (κ1) is 12.5. The summed E-state index contributed by atoms with van der Waals surface area (Å²) in [7, 11) is 2.10. The smallest absolute Gasteiger partial charge is 0.206 e. The van der Waals surface area contributed by atoms with Gasteiger partial charge in [-0.15, -0.1) is 0 Å². The summed E-state index contributed by atoms with van der Waals surface area (Å²) >= 11 is 0. The zero-order valence-electron chi connectivity index (χ0n) is 11.4. The molecule has 0 amide bonds. The van der Waals surface area contributed by atoms with E-state index in [1.807, 2.05) is 18.2 Å². The molecule has 0 saturated heterocycles. The second kappa shape index (κ2) is 5.21. The molecule has 0 atom stereocenters. The maximum atomic E-state index is 9.28. The third-order valence-electron chi connectivity index (χ3n) is 4.06. The predicted octanol–water partition coefficient (Wildman–Crippen LogP) is 2.26. The van der Waals surface area contributed by atoms with Gasteiger partial charge in [0.1, 0.15) is 0 Å². The maximum absolute atomic E-state index is 9.28. The van der Waals surface area contributed by atoms with Gasteiger partial charge in [0.25, 0.3) is 0 Å². The molecule has 1 fully saturated rings. The Morgan fingerprint density at radius 1 is 1.37 bits per heavy atom. The highest BCUT2D eigenvalue weighted by Gasteiger charge is 2.22. The van der Waals surface area contributed by atoms with Gasteiger partial charge < -0.3 is 14.6 Å². The Hall–Kier alpha value is -1.55. The average Bonchev–Trinajstić information content (AvgIpc) is 2.74. The lowest BCUT2D eigenvalue weighted by Crippen LogP contribution is -2.31. The van der Waals surface area contributed by atoms with Crippen molar-refractivity contribution in [3.05, 3.63) is 24.3 Å². The molecule has 4 heteroatoms. The van der Waals surface area contributed by atoms with Crippen LogP contribution in [0.15, 0.2) is 24.3 Å². The Kier molecular flexibility index (Phi) is 3.42. The number of fused-ring (bicyclic) bond motifs is 1. The molecule has 102 valence electrons. The van der Waals surface area contributed by atoms with Gasteiger partial charge in [-0.05, 0) is 30.9 Å². The first-order chi connectivity index (χ1) is 9.29. The van der Waals surface area contributed by atoms with Crippen molar-refractivity contribution in [2.45, 2.75) is 25.8 Å². The van der Waals surface area contributed by atoms with Crippen LogP contribution < -0.4 is 4.90 Å². The van der Waals surface area contributed by atoms with E-state index < -0.39 is 0 Å². The number of nitrogens with zero attached hydrogens (tertiary/aromatic N) is 3. The number of aliphatic hydroxyl groups excluding tert-OH is 1. The molecule has 1 aromatic heterocycles. The van der Waals surface area contributed by atoms with Crippen LogP contribution in [0.25, 0.3) is 11.0 Å². The number of hydrogen-bond acceptors (Lipinski definition) is 3. The van der Waals surface area contributed by atoms with Crippen molar-refractivity contribution in [1.82, 2.24) is 9.55 Å². The van der Waals surface area contributed by atoms with Crippen LogP contribution in [0, 0.1) is 5.92 Å². The Bertz CT molecular complexity index is 560. The van der Waals surface area contributed by atoms with Crippen molar-refractivity contribution in [2.24, 2.45) is 5.92 Å². The lowest BCUT2D eigenvalue weighted by molar-refractivity contribution is 0.277. The maximum Gasteiger partial charge on any atom is 0.206 e. The Morgan fingerprint density at radius 2 is 2.16 bits per heavy atom. The van der Waals surface area contributed by atoms with Crippen LogP contribution in [0.4, 0.5) is 5.95 Å². The molecule has 2 aromatic rings. The topological polar surface area (TPSA) is 41.3 Å². The van der Waals surface area contributed by atoms with Gasteiger partial charge in [0.05, 0.1) is 17.6 Å². The Balaban J connectivity index is 1.93. The van der Waals surface area contributed by atoms with E-state index in [0.29, 0.717) is 6.54 Å². The molecule has 1 aromatic carbocycles. The summed E-state index contributed by atoms with van der Waals surface area (Å²) in [4.78, 5) is 6.96. The van der Waals surface area contributed by atoms with Crippen LogP contribution in [-0.4, -0.2) is 34.9 Å². The molecular formula is C15H21N3O. The molecule has 1 heterocycles. The number of aliphatic hydroxyl groups is 1. The van der Waals surface area contributed by atoms with E-state index in [2.05, 4.69) is 22.6 Å². The standard InChI is InChI=1S/C15H21N3O/c1-17(11-12-5-4-6-12)15-16-13-7-2-3-8-14(13)18(15)9-10-19/h2-3,7-8,12,19H,4-6,9-11H2,1H3. The summed E-state index contributed by atoms with van der Waals surface area (Å²) in [5.74, 6) is 1.79. The van der Waals surface area contributed by atoms with Gasteiger partial charge in [-0.25, -0.2) is 4.98 Å². The normalized spacial score (nSPS) is 15.7. The van der Waals surface area contributed by atoms with Crippen molar-refractivity contribution in [1.29, 1.82) is 0 Å². The molecule has 0 bridgehead atoms. The van der Waals surface area contributed by atoms with Crippen LogP contribution in [-0.2, 0) is 6.54 Å². The van der Waals surface area contributed by atoms with E-state index in [9.17, 15) is 5.11 Å². The number of benzene rings is 1. The Labute approximate surface area is 113 Å². The van der Waals surface area contributed by atoms with Gasteiger partial charge in [-0.3, -0.25) is 0 Å². The lowest BCUT2D eigenvalue weighted by atomic mass is 9.85. The highest BCUT2D eigenvalue weighted by Crippen LogP contribution is 2.29. The Morgan fingerprint density at radius 3 is 2.84 bits per heavy atom. The van der Waals surface area contributed by atoms with Gasteiger partial charge in [-0.2, -0.15) is 0 Å². The quantitative estimate of drug-likeness (QED) is 0.895. The molecule has 0 unspecified atom stereocenters. The first-order valence-electron chi connectivity index (χ1n) is 7.07. The monoisotopic (exact) mass is 259 g/mol. The van der Waals surface area contributed by atoms with E-state index in [0.717, 1.165) is 29.4 Å². The van der Waals surface area contributed by atoms with Crippen molar-refractivity contribution >= 4 is 17.0 Å². The molecule has 1 N–H and O–H groups in total. The van der Waals surface area contributed by atoms with Gasteiger partial charge in [-0.1, -0.05) is 18.6 Å². The fourth-order valence-corrected chi connectivity index (χ4v) is 2.82. The number of imidazole rings is 1. The number of rotatable bonds is 5. The van der Waals surface area contributed by atoms with Crippen LogP contribution in [0.1, 0.15) is 19.3 Å². The van der Waals surface area contributed by atoms with Gasteiger partial charge in [0, 0.05) is 20.1 Å². The zero-order chi connectivity index (χ0) is 13.2. The minimum atomic E-state index is 0.143. The average molecular weight is 259 g/mol. The molecule has 4 nitrogen and oxygen atoms in total. The largest absolute Gasteiger partial charge is 0.395 e. The number of aromatic nitrogens is 2. The lowest BCUT2D eigenvalue weighted by Gasteiger charge is -2.30. The van der Waals surface area contributed by atoms with E-state index in [4.69, 9.17) is 4.98 Å². The molecule has 0 aliphatic heterocycles. The fraction of sp³-hybridized carbons (Fsp3) is 0.533. The van der Waals surface area contributed by atoms with E-state index in [1.165, 1.54) is 19.3 Å². The summed E-state index contributed by atoms with van der Waals surface area (Å²) in [6.07, 6.45) is 4.04. The molecule has 0 spiro atoms. The molecular weight excluding hydrogens is 238 g/mol. The summed E-state index contributed by atoms with van der Waals surface area (Å²) in [5.41, 5.74) is 2.11. The predicted molar refractivity (Wildman–Crippen MR) is 77.4 cm³/mol. The van der Waals surface area contributed by atoms with Crippen molar-refractivity contribution in [3.63, 3.8) is 0 Å². The van der Waals surface area contributed by atoms with Gasteiger partial charge >= 0.3 is 0 Å². The molecule has 1 aliphatic carbocycles. The highest BCUT2D eigenvalue weighted by atomic mass is 16.3. The number of para-hydroxylation sites is 2. The van der Waals surface area contributed by atoms with E-state index >= 15 is 0 Å². The van der Waals surface area contributed by atoms with Gasteiger partial charge in [0.15, 0.2) is 0 Å². The van der Waals surface area contributed by atoms with Gasteiger partial charge in [0.2, 0.25) is 5.95 Å². The van der Waals surface area contributed by atoms with E-state index in [-0.39, 0.29) is 6.61 Å². The highest BCUT2D eigenvalue weighted by molar-refractivity contribution is 5.78. The second-order valence-electron chi connectivity index (χ2n) is 5.45. The minimum Gasteiger partial charge on any atom is -0.395 e. The summed E-state index contributed by atoms with van der Waals surface area (Å²) in [6.45, 7) is 1.81. The first-order valence-corrected chi connectivity index (χ1v) is 7.07. The third-order valence-corrected chi connectivity index (χ3v) is 4.06. The molecule has 1 aliphatic rings. The van der Waals surface area contributed by atoms with Crippen molar-refractivity contribution in [2.75, 3.05) is 25.1 Å². The fourth-order valence-electron chi connectivity index (χ4n) is 2.82. The zero-order valence-corrected chi connectivity index (χ0v) is 11.4. The summed E-state index contributed by atoms with van der Waals surface area (Å²) < 4.78 is 2.12. The second-order valence-corrected chi connectivity index (χ2v) is 5.45.